The fourth-order valence-corrected chi connectivity index (χ4v) is 2.63. The molecule has 0 bridgehead atoms. The predicted octanol–water partition coefficient (Wildman–Crippen LogP) is 5.01. The number of hydrazone groups is 1. The quantitative estimate of drug-likeness (QED) is 0.396. The Balaban J connectivity index is 2.24. The van der Waals surface area contributed by atoms with Crippen LogP contribution in [0, 0.1) is 39.5 Å². The fourth-order valence-electron chi connectivity index (χ4n) is 2.63. The van der Waals surface area contributed by atoms with E-state index in [1.807, 2.05) is 52.8 Å². The van der Waals surface area contributed by atoms with Gasteiger partial charge in [0, 0.05) is 11.5 Å². The number of nitro benzene ring substituents is 2. The number of nitro groups is 2. The van der Waals surface area contributed by atoms with Crippen molar-refractivity contribution in [2.45, 2.75) is 40.7 Å². The van der Waals surface area contributed by atoms with Gasteiger partial charge in [-0.3, -0.25) is 25.7 Å². The van der Waals surface area contributed by atoms with E-state index in [2.05, 4.69) is 10.5 Å². The summed E-state index contributed by atoms with van der Waals surface area (Å²) in [7, 11) is 0. The third-order valence-corrected chi connectivity index (χ3v) is 4.10. The number of benzene rings is 2. The van der Waals surface area contributed by atoms with E-state index < -0.39 is 21.6 Å². The normalized spacial score (nSPS) is 12.6. The van der Waals surface area contributed by atoms with E-state index in [1.54, 1.807) is 0 Å². The zero-order valence-electron chi connectivity index (χ0n) is 17.0. The Morgan fingerprint density at radius 1 is 1.03 bits per heavy atom. The van der Waals surface area contributed by atoms with Crippen LogP contribution in [0.1, 0.15) is 31.9 Å². The van der Waals surface area contributed by atoms with Crippen molar-refractivity contribution in [3.8, 4) is 5.75 Å². The topological polar surface area (TPSA) is 120 Å². The minimum absolute atomic E-state index is 0.0518. The predicted molar refractivity (Wildman–Crippen MR) is 112 cm³/mol. The maximum Gasteiger partial charge on any atom is 0.301 e. The third-order valence-electron chi connectivity index (χ3n) is 4.10. The first-order chi connectivity index (χ1) is 13.5. The molecule has 9 heteroatoms. The van der Waals surface area contributed by atoms with E-state index in [1.165, 1.54) is 18.3 Å². The van der Waals surface area contributed by atoms with Crippen molar-refractivity contribution < 1.29 is 14.6 Å². The zero-order chi connectivity index (χ0) is 21.8. The van der Waals surface area contributed by atoms with Crippen molar-refractivity contribution in [3.63, 3.8) is 0 Å². The molecule has 154 valence electrons. The highest BCUT2D eigenvalue weighted by atomic mass is 16.6. The first-order valence-corrected chi connectivity index (χ1v) is 8.94. The van der Waals surface area contributed by atoms with E-state index in [0.29, 0.717) is 5.75 Å². The lowest BCUT2D eigenvalue weighted by molar-refractivity contribution is -0.393. The number of rotatable bonds is 7. The summed E-state index contributed by atoms with van der Waals surface area (Å²) < 4.78 is 6.09. The number of nitrogens with one attached hydrogen (secondary N) is 1. The summed E-state index contributed by atoms with van der Waals surface area (Å²) in [5, 5.41) is 26.2. The summed E-state index contributed by atoms with van der Waals surface area (Å²) in [4.78, 5) is 20.7. The van der Waals surface area contributed by atoms with Crippen LogP contribution < -0.4 is 10.2 Å². The van der Waals surface area contributed by atoms with Gasteiger partial charge in [-0.05, 0) is 43.2 Å². The van der Waals surface area contributed by atoms with Crippen molar-refractivity contribution in [2.75, 3.05) is 5.43 Å². The minimum Gasteiger partial charge on any atom is -0.484 e. The standard InChI is InChI=1S/C20H24N4O5/c1-13-8-14(2)10-16(9-13)29-19(20(3,4)5)12-21-22-17-7-6-15(23(25)26)11-18(17)24(27)28/h6-12,19,22H,1-5H3/b21-12-/t19-/m1/s1. The molecular formula is C20H24N4O5. The smallest absolute Gasteiger partial charge is 0.301 e. The SMILES string of the molecule is Cc1cc(C)cc(O[C@H](/C=N\Nc2ccc([N+](=O)[O-])cc2[N+](=O)[O-])C(C)(C)C)c1. The van der Waals surface area contributed by atoms with E-state index >= 15 is 0 Å². The molecule has 2 rings (SSSR count). The van der Waals surface area contributed by atoms with Crippen LogP contribution in [0.2, 0.25) is 0 Å². The third kappa shape index (κ3) is 6.00. The van der Waals surface area contributed by atoms with Crippen molar-refractivity contribution in [2.24, 2.45) is 10.5 Å². The summed E-state index contributed by atoms with van der Waals surface area (Å²) in [5.74, 6) is 0.704. The number of ether oxygens (including phenoxy) is 1. The average Bonchev–Trinajstić information content (AvgIpc) is 2.59. The number of nitrogens with zero attached hydrogens (tertiary/aromatic N) is 3. The highest BCUT2D eigenvalue weighted by Gasteiger charge is 2.26. The largest absolute Gasteiger partial charge is 0.484 e. The average molecular weight is 400 g/mol. The molecule has 0 unspecified atom stereocenters. The molecule has 2 aromatic rings. The first-order valence-electron chi connectivity index (χ1n) is 8.94. The molecule has 1 atom stereocenters. The van der Waals surface area contributed by atoms with Gasteiger partial charge in [-0.1, -0.05) is 26.8 Å². The Bertz CT molecular complexity index is 930. The van der Waals surface area contributed by atoms with Crippen LogP contribution in [0.3, 0.4) is 0 Å². The summed E-state index contributed by atoms with van der Waals surface area (Å²) >= 11 is 0. The van der Waals surface area contributed by atoms with Crippen LogP contribution in [0.15, 0.2) is 41.5 Å². The Morgan fingerprint density at radius 3 is 2.17 bits per heavy atom. The van der Waals surface area contributed by atoms with Gasteiger partial charge >= 0.3 is 5.69 Å². The molecule has 2 aromatic carbocycles. The molecule has 0 heterocycles. The fraction of sp³-hybridized carbons (Fsp3) is 0.350. The van der Waals surface area contributed by atoms with E-state index in [4.69, 9.17) is 4.74 Å². The van der Waals surface area contributed by atoms with Gasteiger partial charge in [0.15, 0.2) is 0 Å². The second kappa shape index (κ2) is 8.68. The molecule has 0 fully saturated rings. The van der Waals surface area contributed by atoms with Gasteiger partial charge in [0.2, 0.25) is 0 Å². The molecule has 0 amide bonds. The monoisotopic (exact) mass is 400 g/mol. The number of anilines is 1. The second-order valence-corrected chi connectivity index (χ2v) is 7.83. The molecule has 0 saturated carbocycles. The number of hydrogen-bond acceptors (Lipinski definition) is 7. The van der Waals surface area contributed by atoms with Gasteiger partial charge in [-0.2, -0.15) is 5.10 Å². The second-order valence-electron chi connectivity index (χ2n) is 7.83. The number of aryl methyl sites for hydroxylation is 2. The summed E-state index contributed by atoms with van der Waals surface area (Å²) in [6.45, 7) is 9.92. The molecule has 0 aliphatic rings. The summed E-state index contributed by atoms with van der Waals surface area (Å²) in [6.07, 6.45) is 1.11. The number of hydrogen-bond donors (Lipinski definition) is 1. The Kier molecular flexibility index (Phi) is 6.53. The van der Waals surface area contributed by atoms with Crippen LogP contribution in [-0.2, 0) is 0 Å². The summed E-state index contributed by atoms with van der Waals surface area (Å²) in [6, 6.07) is 9.22. The molecule has 0 aliphatic heterocycles. The van der Waals surface area contributed by atoms with Crippen LogP contribution in [-0.4, -0.2) is 22.2 Å². The molecule has 9 nitrogen and oxygen atoms in total. The van der Waals surface area contributed by atoms with Crippen molar-refractivity contribution in [3.05, 3.63) is 67.8 Å². The van der Waals surface area contributed by atoms with Gasteiger partial charge < -0.3 is 4.74 Å². The summed E-state index contributed by atoms with van der Waals surface area (Å²) in [5.41, 5.74) is 3.70. The molecule has 0 radical (unpaired) electrons. The molecular weight excluding hydrogens is 376 g/mol. The lowest BCUT2D eigenvalue weighted by Gasteiger charge is -2.28. The van der Waals surface area contributed by atoms with E-state index in [-0.39, 0.29) is 16.8 Å². The van der Waals surface area contributed by atoms with Crippen molar-refractivity contribution >= 4 is 23.3 Å². The van der Waals surface area contributed by atoms with Gasteiger partial charge in [0.1, 0.15) is 17.5 Å². The van der Waals surface area contributed by atoms with Crippen molar-refractivity contribution in [1.29, 1.82) is 0 Å². The van der Waals surface area contributed by atoms with Crippen LogP contribution in [0.4, 0.5) is 17.1 Å². The zero-order valence-corrected chi connectivity index (χ0v) is 17.0. The number of non-ortho nitro benzene ring substituents is 1. The van der Waals surface area contributed by atoms with Gasteiger partial charge in [-0.25, -0.2) is 0 Å². The Labute approximate surface area is 168 Å². The van der Waals surface area contributed by atoms with Crippen LogP contribution >= 0.6 is 0 Å². The molecule has 0 spiro atoms. The van der Waals surface area contributed by atoms with E-state index in [9.17, 15) is 20.2 Å². The Hall–Kier alpha value is -3.49. The molecule has 0 saturated heterocycles. The molecule has 1 N–H and O–H groups in total. The van der Waals surface area contributed by atoms with Gasteiger partial charge in [0.05, 0.1) is 22.1 Å². The highest BCUT2D eigenvalue weighted by Crippen LogP contribution is 2.29. The maximum atomic E-state index is 11.2. The minimum atomic E-state index is -0.696. The van der Waals surface area contributed by atoms with Crippen molar-refractivity contribution in [1.82, 2.24) is 0 Å². The van der Waals surface area contributed by atoms with Gasteiger partial charge in [0.25, 0.3) is 5.69 Å². The van der Waals surface area contributed by atoms with Crippen LogP contribution in [0.5, 0.6) is 5.75 Å². The van der Waals surface area contributed by atoms with Gasteiger partial charge in [-0.15, -0.1) is 0 Å². The van der Waals surface area contributed by atoms with Crippen LogP contribution in [0.25, 0.3) is 0 Å². The maximum absolute atomic E-state index is 11.2. The lowest BCUT2D eigenvalue weighted by atomic mass is 9.89. The lowest BCUT2D eigenvalue weighted by Crippen LogP contribution is -2.34. The highest BCUT2D eigenvalue weighted by molar-refractivity contribution is 5.70. The molecule has 0 aromatic heterocycles. The Morgan fingerprint density at radius 2 is 1.66 bits per heavy atom. The molecule has 29 heavy (non-hydrogen) atoms. The first kappa shape index (κ1) is 21.8. The molecule has 0 aliphatic carbocycles. The van der Waals surface area contributed by atoms with E-state index in [0.717, 1.165) is 17.2 Å².